The largest absolute Gasteiger partial charge is 0.340 e. The molecule has 4 heteroatoms. The summed E-state index contributed by atoms with van der Waals surface area (Å²) in [5, 5.41) is 6.67. The van der Waals surface area contributed by atoms with Crippen molar-refractivity contribution in [2.24, 2.45) is 0 Å². The maximum Gasteiger partial charge on any atom is 0.229 e. The van der Waals surface area contributed by atoms with Crippen molar-refractivity contribution in [3.63, 3.8) is 0 Å². The second-order valence-corrected chi connectivity index (χ2v) is 6.18. The van der Waals surface area contributed by atoms with Gasteiger partial charge in [0.2, 0.25) is 5.95 Å². The van der Waals surface area contributed by atoms with Crippen LogP contribution in [0.15, 0.2) is 54.7 Å². The van der Waals surface area contributed by atoms with Gasteiger partial charge in [-0.3, -0.25) is 0 Å². The lowest BCUT2D eigenvalue weighted by Crippen LogP contribution is -2.03. The first-order valence-electron chi connectivity index (χ1n) is 8.32. The maximum atomic E-state index is 4.62. The molecule has 0 amide bonds. The van der Waals surface area contributed by atoms with E-state index in [1.165, 1.54) is 30.4 Å². The van der Waals surface area contributed by atoms with Crippen molar-refractivity contribution in [1.82, 2.24) is 9.97 Å². The highest BCUT2D eigenvalue weighted by Crippen LogP contribution is 2.27. The molecule has 4 nitrogen and oxygen atoms in total. The summed E-state index contributed by atoms with van der Waals surface area (Å²) in [6.45, 7) is 2.02. The highest BCUT2D eigenvalue weighted by molar-refractivity contribution is 5.63. The Kier molecular flexibility index (Phi) is 3.87. The minimum atomic E-state index is 0.593. The van der Waals surface area contributed by atoms with Gasteiger partial charge in [-0.2, -0.15) is 4.98 Å². The molecular weight excluding hydrogens is 296 g/mol. The van der Waals surface area contributed by atoms with E-state index in [0.29, 0.717) is 5.95 Å². The molecule has 3 aromatic rings. The van der Waals surface area contributed by atoms with E-state index in [1.54, 1.807) is 0 Å². The number of fused-ring (bicyclic) bond motifs is 1. The van der Waals surface area contributed by atoms with E-state index in [9.17, 15) is 0 Å². The normalized spacial score (nSPS) is 12.7. The molecule has 0 unspecified atom stereocenters. The van der Waals surface area contributed by atoms with Crippen LogP contribution in [0.3, 0.4) is 0 Å². The lowest BCUT2D eigenvalue weighted by molar-refractivity contribution is 0.912. The van der Waals surface area contributed by atoms with Crippen LogP contribution < -0.4 is 10.6 Å². The van der Waals surface area contributed by atoms with Crippen LogP contribution in [0, 0.1) is 6.92 Å². The molecule has 0 fully saturated rings. The molecule has 1 aliphatic carbocycles. The van der Waals surface area contributed by atoms with Gasteiger partial charge in [-0.1, -0.05) is 24.3 Å². The maximum absolute atomic E-state index is 4.62. The first-order valence-corrected chi connectivity index (χ1v) is 8.32. The van der Waals surface area contributed by atoms with Crippen molar-refractivity contribution in [2.75, 3.05) is 10.6 Å². The van der Waals surface area contributed by atoms with Gasteiger partial charge in [0.05, 0.1) is 0 Å². The first kappa shape index (κ1) is 14.7. The van der Waals surface area contributed by atoms with Crippen LogP contribution in [0.5, 0.6) is 0 Å². The van der Waals surface area contributed by atoms with Gasteiger partial charge in [0, 0.05) is 23.1 Å². The minimum absolute atomic E-state index is 0.593. The van der Waals surface area contributed by atoms with E-state index in [1.807, 2.05) is 43.5 Å². The van der Waals surface area contributed by atoms with Crippen molar-refractivity contribution in [1.29, 1.82) is 0 Å². The number of nitrogens with zero attached hydrogens (tertiary/aromatic N) is 2. The second-order valence-electron chi connectivity index (χ2n) is 6.18. The Labute approximate surface area is 142 Å². The van der Waals surface area contributed by atoms with E-state index in [0.717, 1.165) is 22.8 Å². The first-order chi connectivity index (χ1) is 11.8. The lowest BCUT2D eigenvalue weighted by atomic mass is 10.1. The van der Waals surface area contributed by atoms with E-state index < -0.39 is 0 Å². The average Bonchev–Trinajstić information content (AvgIpc) is 3.06. The summed E-state index contributed by atoms with van der Waals surface area (Å²) < 4.78 is 0. The lowest BCUT2D eigenvalue weighted by Gasteiger charge is -2.12. The molecule has 0 bridgehead atoms. The molecule has 0 spiro atoms. The fraction of sp³-hybridized carbons (Fsp3) is 0.200. The number of aromatic nitrogens is 2. The monoisotopic (exact) mass is 316 g/mol. The molecule has 1 aliphatic rings. The van der Waals surface area contributed by atoms with Crippen LogP contribution in [0.4, 0.5) is 23.1 Å². The predicted octanol–water partition coefficient (Wildman–Crippen LogP) is 4.76. The Bertz CT molecular complexity index is 859. The van der Waals surface area contributed by atoms with Crippen LogP contribution in [-0.4, -0.2) is 9.97 Å². The van der Waals surface area contributed by atoms with Gasteiger partial charge >= 0.3 is 0 Å². The Morgan fingerprint density at radius 1 is 0.875 bits per heavy atom. The average molecular weight is 316 g/mol. The van der Waals surface area contributed by atoms with Gasteiger partial charge in [0.1, 0.15) is 5.82 Å². The number of aryl methyl sites for hydroxylation is 3. The fourth-order valence-corrected chi connectivity index (χ4v) is 3.07. The van der Waals surface area contributed by atoms with Crippen LogP contribution in [0.2, 0.25) is 0 Å². The Hall–Kier alpha value is -2.88. The van der Waals surface area contributed by atoms with Crippen molar-refractivity contribution < 1.29 is 0 Å². The summed E-state index contributed by atoms with van der Waals surface area (Å²) in [5.41, 5.74) is 6.02. The van der Waals surface area contributed by atoms with Crippen molar-refractivity contribution >= 4 is 23.1 Å². The summed E-state index contributed by atoms with van der Waals surface area (Å²) in [7, 11) is 0. The highest BCUT2D eigenvalue weighted by atomic mass is 15.1. The van der Waals surface area contributed by atoms with Gasteiger partial charge < -0.3 is 10.6 Å². The van der Waals surface area contributed by atoms with Crippen molar-refractivity contribution in [2.45, 2.75) is 26.2 Å². The SMILES string of the molecule is Cc1cnc(Nc2ccccc2)nc1Nc1ccc2c(c1)CCC2. The summed E-state index contributed by atoms with van der Waals surface area (Å²) in [6, 6.07) is 16.6. The Morgan fingerprint density at radius 3 is 2.58 bits per heavy atom. The molecular formula is C20H20N4. The molecule has 24 heavy (non-hydrogen) atoms. The predicted molar refractivity (Wildman–Crippen MR) is 98.2 cm³/mol. The molecule has 0 saturated carbocycles. The number of benzene rings is 2. The standard InChI is InChI=1S/C20H20N4/c1-14-13-21-20(23-17-8-3-2-4-9-17)24-19(14)22-18-11-10-15-6-5-7-16(15)12-18/h2-4,8-13H,5-7H2,1H3,(H2,21,22,23,24). The van der Waals surface area contributed by atoms with E-state index in [4.69, 9.17) is 0 Å². The summed E-state index contributed by atoms with van der Waals surface area (Å²) in [6.07, 6.45) is 5.48. The topological polar surface area (TPSA) is 49.8 Å². The number of rotatable bonds is 4. The van der Waals surface area contributed by atoms with Gasteiger partial charge in [0.25, 0.3) is 0 Å². The van der Waals surface area contributed by atoms with Crippen molar-refractivity contribution in [3.05, 3.63) is 71.4 Å². The van der Waals surface area contributed by atoms with Crippen molar-refractivity contribution in [3.8, 4) is 0 Å². The third-order valence-corrected chi connectivity index (χ3v) is 4.36. The number of anilines is 4. The molecule has 0 aliphatic heterocycles. The number of hydrogen-bond acceptors (Lipinski definition) is 4. The minimum Gasteiger partial charge on any atom is -0.340 e. The van der Waals surface area contributed by atoms with Crippen LogP contribution >= 0.6 is 0 Å². The third-order valence-electron chi connectivity index (χ3n) is 4.36. The zero-order valence-electron chi connectivity index (χ0n) is 13.7. The highest BCUT2D eigenvalue weighted by Gasteiger charge is 2.12. The van der Waals surface area contributed by atoms with E-state index in [2.05, 4.69) is 38.8 Å². The molecule has 0 atom stereocenters. The molecule has 2 aromatic carbocycles. The Morgan fingerprint density at radius 2 is 1.71 bits per heavy atom. The summed E-state index contributed by atoms with van der Waals surface area (Å²) >= 11 is 0. The smallest absolute Gasteiger partial charge is 0.229 e. The molecule has 120 valence electrons. The van der Waals surface area contributed by atoms with Crippen LogP contribution in [0.25, 0.3) is 0 Å². The molecule has 0 radical (unpaired) electrons. The number of para-hydroxylation sites is 1. The molecule has 1 aromatic heterocycles. The fourth-order valence-electron chi connectivity index (χ4n) is 3.07. The molecule has 1 heterocycles. The third kappa shape index (κ3) is 3.08. The molecule has 4 rings (SSSR count). The van der Waals surface area contributed by atoms with Gasteiger partial charge in [-0.25, -0.2) is 4.98 Å². The van der Waals surface area contributed by atoms with E-state index >= 15 is 0 Å². The second kappa shape index (κ2) is 6.32. The zero-order valence-corrected chi connectivity index (χ0v) is 13.7. The van der Waals surface area contributed by atoms with E-state index in [-0.39, 0.29) is 0 Å². The van der Waals surface area contributed by atoms with Gasteiger partial charge in [-0.05, 0) is 61.6 Å². The number of nitrogens with one attached hydrogen (secondary N) is 2. The molecule has 2 N–H and O–H groups in total. The zero-order chi connectivity index (χ0) is 16.4. The van der Waals surface area contributed by atoms with Crippen LogP contribution in [0.1, 0.15) is 23.1 Å². The Balaban J connectivity index is 1.57. The summed E-state index contributed by atoms with van der Waals surface area (Å²) in [4.78, 5) is 8.99. The quantitative estimate of drug-likeness (QED) is 0.728. The van der Waals surface area contributed by atoms with Gasteiger partial charge in [0.15, 0.2) is 0 Å². The summed E-state index contributed by atoms with van der Waals surface area (Å²) in [5.74, 6) is 1.43. The molecule has 0 saturated heterocycles. The van der Waals surface area contributed by atoms with Crippen LogP contribution in [-0.2, 0) is 12.8 Å². The van der Waals surface area contributed by atoms with Gasteiger partial charge in [-0.15, -0.1) is 0 Å². The number of hydrogen-bond donors (Lipinski definition) is 2.